The summed E-state index contributed by atoms with van der Waals surface area (Å²) in [6.07, 6.45) is 2.15. The van der Waals surface area contributed by atoms with Crippen LogP contribution in [0.4, 0.5) is 0 Å². The Balaban J connectivity index is 1.83. The van der Waals surface area contributed by atoms with Crippen molar-refractivity contribution < 1.29 is 14.3 Å². The lowest BCUT2D eigenvalue weighted by Gasteiger charge is -2.11. The molecule has 0 unspecified atom stereocenters. The van der Waals surface area contributed by atoms with E-state index in [1.54, 1.807) is 7.11 Å². The average Bonchev–Trinajstić information content (AvgIpc) is 3.42. The summed E-state index contributed by atoms with van der Waals surface area (Å²) in [7, 11) is 1.67. The van der Waals surface area contributed by atoms with Crippen molar-refractivity contribution in [3.8, 4) is 5.75 Å². The third kappa shape index (κ3) is 7.89. The molecule has 0 radical (unpaired) electrons. The molecule has 138 valence electrons. The number of carbonyl (C=O) groups excluding carboxylic acids is 1. The minimum absolute atomic E-state index is 0.0461. The SMILES string of the molecule is CCNC(=NCc1cccc(OCC(=O)NC2CC2)c1)NCCOC. The molecule has 0 heterocycles. The second-order valence-corrected chi connectivity index (χ2v) is 5.89. The van der Waals surface area contributed by atoms with E-state index in [1.807, 2.05) is 31.2 Å². The van der Waals surface area contributed by atoms with Gasteiger partial charge >= 0.3 is 0 Å². The highest BCUT2D eigenvalue weighted by molar-refractivity contribution is 5.79. The highest BCUT2D eigenvalue weighted by Crippen LogP contribution is 2.18. The maximum atomic E-state index is 11.7. The van der Waals surface area contributed by atoms with E-state index in [4.69, 9.17) is 9.47 Å². The predicted octanol–water partition coefficient (Wildman–Crippen LogP) is 1.05. The van der Waals surface area contributed by atoms with Crippen LogP contribution < -0.4 is 20.7 Å². The predicted molar refractivity (Wildman–Crippen MR) is 97.8 cm³/mol. The highest BCUT2D eigenvalue weighted by Gasteiger charge is 2.23. The van der Waals surface area contributed by atoms with Crippen LogP contribution in [0.15, 0.2) is 29.3 Å². The van der Waals surface area contributed by atoms with Crippen molar-refractivity contribution in [1.82, 2.24) is 16.0 Å². The Hall–Kier alpha value is -2.28. The minimum atomic E-state index is -0.0669. The first-order valence-electron chi connectivity index (χ1n) is 8.73. The molecule has 1 fully saturated rings. The van der Waals surface area contributed by atoms with Crippen LogP contribution in [0.5, 0.6) is 5.75 Å². The summed E-state index contributed by atoms with van der Waals surface area (Å²) >= 11 is 0. The molecule has 7 nitrogen and oxygen atoms in total. The third-order valence-corrected chi connectivity index (χ3v) is 3.57. The number of hydrogen-bond acceptors (Lipinski definition) is 4. The summed E-state index contributed by atoms with van der Waals surface area (Å²) in [5, 5.41) is 9.29. The summed E-state index contributed by atoms with van der Waals surface area (Å²) in [6, 6.07) is 8.00. The van der Waals surface area contributed by atoms with E-state index in [9.17, 15) is 4.79 Å². The van der Waals surface area contributed by atoms with Gasteiger partial charge in [0.05, 0.1) is 13.2 Å². The number of amides is 1. The summed E-state index contributed by atoms with van der Waals surface area (Å²) < 4.78 is 10.6. The molecule has 1 aromatic carbocycles. The number of nitrogens with zero attached hydrogens (tertiary/aromatic N) is 1. The van der Waals surface area contributed by atoms with E-state index in [-0.39, 0.29) is 12.5 Å². The Morgan fingerprint density at radius 3 is 2.88 bits per heavy atom. The monoisotopic (exact) mass is 348 g/mol. The first-order chi connectivity index (χ1) is 12.2. The van der Waals surface area contributed by atoms with Crippen LogP contribution in [0.1, 0.15) is 25.3 Å². The van der Waals surface area contributed by atoms with Gasteiger partial charge in [0, 0.05) is 26.2 Å². The number of ether oxygens (including phenoxy) is 2. The normalized spacial score (nSPS) is 14.1. The van der Waals surface area contributed by atoms with Crippen LogP contribution >= 0.6 is 0 Å². The lowest BCUT2D eigenvalue weighted by Crippen LogP contribution is -2.38. The molecule has 0 atom stereocenters. The standard InChI is InChI=1S/C18H28N4O3/c1-3-19-18(20-9-10-24-2)21-12-14-5-4-6-16(11-14)25-13-17(23)22-15-7-8-15/h4-6,11,15H,3,7-10,12-13H2,1-2H3,(H,22,23)(H2,19,20,21). The fourth-order valence-electron chi connectivity index (χ4n) is 2.16. The van der Waals surface area contributed by atoms with Crippen LogP contribution in [0.3, 0.4) is 0 Å². The Morgan fingerprint density at radius 2 is 2.16 bits per heavy atom. The van der Waals surface area contributed by atoms with Crippen molar-refractivity contribution in [2.45, 2.75) is 32.4 Å². The molecule has 1 aliphatic rings. The molecular formula is C18H28N4O3. The number of benzene rings is 1. The van der Waals surface area contributed by atoms with Crippen LogP contribution in [-0.4, -0.2) is 51.3 Å². The second-order valence-electron chi connectivity index (χ2n) is 5.89. The molecule has 1 saturated carbocycles. The molecule has 0 saturated heterocycles. The number of nitrogens with one attached hydrogen (secondary N) is 3. The zero-order chi connectivity index (χ0) is 17.9. The fraction of sp³-hybridized carbons (Fsp3) is 0.556. The molecule has 25 heavy (non-hydrogen) atoms. The average molecular weight is 348 g/mol. The van der Waals surface area contributed by atoms with Crippen molar-refractivity contribution in [3.63, 3.8) is 0 Å². The molecule has 7 heteroatoms. The maximum Gasteiger partial charge on any atom is 0.258 e. The van der Waals surface area contributed by atoms with Gasteiger partial charge in [-0.25, -0.2) is 4.99 Å². The first kappa shape index (κ1) is 19.1. The van der Waals surface area contributed by atoms with Gasteiger partial charge in [-0.05, 0) is 37.5 Å². The smallest absolute Gasteiger partial charge is 0.258 e. The molecular weight excluding hydrogens is 320 g/mol. The molecule has 0 spiro atoms. The number of hydrogen-bond donors (Lipinski definition) is 3. The van der Waals surface area contributed by atoms with Gasteiger partial charge in [0.25, 0.3) is 5.91 Å². The Labute approximate surface area is 149 Å². The van der Waals surface area contributed by atoms with Crippen molar-refractivity contribution in [2.75, 3.05) is 33.4 Å². The molecule has 0 bridgehead atoms. The van der Waals surface area contributed by atoms with Gasteiger partial charge in [-0.1, -0.05) is 12.1 Å². The Kier molecular flexibility index (Phi) is 8.04. The van der Waals surface area contributed by atoms with Crippen LogP contribution in [-0.2, 0) is 16.1 Å². The fourth-order valence-corrected chi connectivity index (χ4v) is 2.16. The molecule has 1 aromatic rings. The number of methoxy groups -OCH3 is 1. The van der Waals surface area contributed by atoms with E-state index in [0.29, 0.717) is 31.5 Å². The summed E-state index contributed by atoms with van der Waals surface area (Å²) in [6.45, 7) is 4.70. The Bertz CT molecular complexity index is 573. The van der Waals surface area contributed by atoms with E-state index >= 15 is 0 Å². The van der Waals surface area contributed by atoms with E-state index in [1.165, 1.54) is 0 Å². The number of carbonyl (C=O) groups is 1. The number of guanidine groups is 1. The summed E-state index contributed by atoms with van der Waals surface area (Å²) in [5.74, 6) is 1.35. The van der Waals surface area contributed by atoms with Gasteiger partial charge in [0.15, 0.2) is 12.6 Å². The molecule has 1 aliphatic carbocycles. The molecule has 0 aromatic heterocycles. The van der Waals surface area contributed by atoms with Crippen molar-refractivity contribution in [1.29, 1.82) is 0 Å². The summed E-state index contributed by atoms with van der Waals surface area (Å²) in [4.78, 5) is 16.2. The van der Waals surface area contributed by atoms with Crippen LogP contribution in [0.25, 0.3) is 0 Å². The molecule has 2 rings (SSSR count). The zero-order valence-corrected chi connectivity index (χ0v) is 15.0. The van der Waals surface area contributed by atoms with Crippen LogP contribution in [0.2, 0.25) is 0 Å². The van der Waals surface area contributed by atoms with Gasteiger partial charge < -0.3 is 25.4 Å². The van der Waals surface area contributed by atoms with Gasteiger partial charge in [0.1, 0.15) is 5.75 Å². The Morgan fingerprint density at radius 1 is 1.32 bits per heavy atom. The molecule has 0 aliphatic heterocycles. The van der Waals surface area contributed by atoms with Crippen LogP contribution in [0, 0.1) is 0 Å². The molecule has 3 N–H and O–H groups in total. The lowest BCUT2D eigenvalue weighted by atomic mass is 10.2. The number of aliphatic imine (C=N–C) groups is 1. The molecule has 1 amide bonds. The summed E-state index contributed by atoms with van der Waals surface area (Å²) in [5.41, 5.74) is 1.02. The van der Waals surface area contributed by atoms with Crippen molar-refractivity contribution >= 4 is 11.9 Å². The van der Waals surface area contributed by atoms with E-state index in [2.05, 4.69) is 20.9 Å². The second kappa shape index (κ2) is 10.6. The zero-order valence-electron chi connectivity index (χ0n) is 15.0. The largest absolute Gasteiger partial charge is 0.484 e. The lowest BCUT2D eigenvalue weighted by molar-refractivity contribution is -0.123. The van der Waals surface area contributed by atoms with Crippen molar-refractivity contribution in [3.05, 3.63) is 29.8 Å². The van der Waals surface area contributed by atoms with E-state index < -0.39 is 0 Å². The highest BCUT2D eigenvalue weighted by atomic mass is 16.5. The van der Waals surface area contributed by atoms with Crippen molar-refractivity contribution in [2.24, 2.45) is 4.99 Å². The third-order valence-electron chi connectivity index (χ3n) is 3.57. The topological polar surface area (TPSA) is 84.0 Å². The van der Waals surface area contributed by atoms with E-state index in [0.717, 1.165) is 30.9 Å². The minimum Gasteiger partial charge on any atom is -0.484 e. The van der Waals surface area contributed by atoms with Gasteiger partial charge in [-0.15, -0.1) is 0 Å². The maximum absolute atomic E-state index is 11.7. The van der Waals surface area contributed by atoms with Gasteiger partial charge in [-0.3, -0.25) is 4.79 Å². The number of rotatable bonds is 10. The first-order valence-corrected chi connectivity index (χ1v) is 8.73. The quantitative estimate of drug-likeness (QED) is 0.334. The van der Waals surface area contributed by atoms with Gasteiger partial charge in [0.2, 0.25) is 0 Å². The van der Waals surface area contributed by atoms with Gasteiger partial charge in [-0.2, -0.15) is 0 Å².